The van der Waals surface area contributed by atoms with Crippen LogP contribution in [0.15, 0.2) is 18.2 Å². The summed E-state index contributed by atoms with van der Waals surface area (Å²) in [5.41, 5.74) is 8.39. The van der Waals surface area contributed by atoms with E-state index in [2.05, 4.69) is 22.2 Å². The van der Waals surface area contributed by atoms with E-state index >= 15 is 0 Å². The number of hydrogen-bond donors (Lipinski definition) is 2. The first-order valence-electron chi connectivity index (χ1n) is 7.11. The number of anilines is 3. The molecule has 1 aliphatic rings. The molecule has 0 aromatic heterocycles. The third-order valence-electron chi connectivity index (χ3n) is 3.65. The fourth-order valence-corrected chi connectivity index (χ4v) is 2.25. The summed E-state index contributed by atoms with van der Waals surface area (Å²) in [6, 6.07) is 5.73. The van der Waals surface area contributed by atoms with Gasteiger partial charge in [-0.3, -0.25) is 4.79 Å². The summed E-state index contributed by atoms with van der Waals surface area (Å²) in [5.74, 6) is -0.0252. The number of nitrogens with zero attached hydrogens (tertiary/aromatic N) is 2. The molecule has 1 saturated heterocycles. The van der Waals surface area contributed by atoms with Gasteiger partial charge in [0.15, 0.2) is 0 Å². The Kier molecular flexibility index (Phi) is 4.49. The fraction of sp³-hybridized carbons (Fsp3) is 0.533. The molecule has 1 amide bonds. The first-order valence-corrected chi connectivity index (χ1v) is 7.11. The van der Waals surface area contributed by atoms with Gasteiger partial charge in [0, 0.05) is 37.8 Å². The van der Waals surface area contributed by atoms with Gasteiger partial charge in [0.1, 0.15) is 0 Å². The van der Waals surface area contributed by atoms with E-state index < -0.39 is 0 Å². The van der Waals surface area contributed by atoms with Gasteiger partial charge in [-0.2, -0.15) is 0 Å². The molecular weight excluding hydrogens is 252 g/mol. The zero-order chi connectivity index (χ0) is 14.7. The first-order chi connectivity index (χ1) is 9.47. The monoisotopic (exact) mass is 276 g/mol. The van der Waals surface area contributed by atoms with E-state index in [9.17, 15) is 4.79 Å². The molecule has 1 aromatic carbocycles. The van der Waals surface area contributed by atoms with Crippen LogP contribution in [0.5, 0.6) is 0 Å². The molecule has 1 aliphatic heterocycles. The second-order valence-electron chi connectivity index (χ2n) is 5.71. The molecule has 5 nitrogen and oxygen atoms in total. The molecule has 0 atom stereocenters. The minimum atomic E-state index is -0.0447. The molecule has 0 bridgehead atoms. The molecule has 5 heteroatoms. The maximum atomic E-state index is 11.9. The topological polar surface area (TPSA) is 61.6 Å². The second-order valence-corrected chi connectivity index (χ2v) is 5.71. The molecule has 0 unspecified atom stereocenters. The Balaban J connectivity index is 2.21. The molecule has 1 fully saturated rings. The summed E-state index contributed by atoms with van der Waals surface area (Å²) in [6.07, 6.45) is 0. The fourth-order valence-electron chi connectivity index (χ4n) is 2.25. The summed E-state index contributed by atoms with van der Waals surface area (Å²) < 4.78 is 0. The molecule has 110 valence electrons. The Morgan fingerprint density at radius 2 is 1.90 bits per heavy atom. The zero-order valence-electron chi connectivity index (χ0n) is 12.5. The zero-order valence-corrected chi connectivity index (χ0v) is 12.5. The highest BCUT2D eigenvalue weighted by molar-refractivity contribution is 5.96. The van der Waals surface area contributed by atoms with Crippen molar-refractivity contribution >= 4 is 23.0 Å². The summed E-state index contributed by atoms with van der Waals surface area (Å²) in [6.45, 7) is 7.76. The average Bonchev–Trinajstić information content (AvgIpc) is 2.40. The molecule has 1 heterocycles. The molecule has 2 rings (SSSR count). The van der Waals surface area contributed by atoms with Crippen LogP contribution >= 0.6 is 0 Å². The highest BCUT2D eigenvalue weighted by atomic mass is 16.1. The smallest absolute Gasteiger partial charge is 0.226 e. The standard InChI is InChI=1S/C15H24N4O/c1-11(2)15(20)17-13-10-12(16)4-5-14(13)19-8-6-18(3)7-9-19/h4-5,10-11H,6-9,16H2,1-3H3,(H,17,20). The number of nitrogen functional groups attached to an aromatic ring is 1. The van der Waals surface area contributed by atoms with Gasteiger partial charge in [-0.15, -0.1) is 0 Å². The maximum Gasteiger partial charge on any atom is 0.226 e. The minimum Gasteiger partial charge on any atom is -0.399 e. The molecule has 3 N–H and O–H groups in total. The Labute approximate surface area is 120 Å². The number of amides is 1. The van der Waals surface area contributed by atoms with Crippen molar-refractivity contribution in [1.29, 1.82) is 0 Å². The van der Waals surface area contributed by atoms with E-state index in [1.807, 2.05) is 32.0 Å². The molecule has 0 radical (unpaired) electrons. The van der Waals surface area contributed by atoms with Crippen LogP contribution in [0.2, 0.25) is 0 Å². The maximum absolute atomic E-state index is 11.9. The van der Waals surface area contributed by atoms with Crippen molar-refractivity contribution in [2.75, 3.05) is 49.2 Å². The van der Waals surface area contributed by atoms with Crippen LogP contribution < -0.4 is 16.0 Å². The van der Waals surface area contributed by atoms with Crippen LogP contribution in [0.1, 0.15) is 13.8 Å². The van der Waals surface area contributed by atoms with Crippen LogP contribution in [-0.4, -0.2) is 44.0 Å². The second kappa shape index (κ2) is 6.13. The molecule has 0 spiro atoms. The third kappa shape index (κ3) is 3.42. The van der Waals surface area contributed by atoms with Crippen LogP contribution in [0.3, 0.4) is 0 Å². The molecule has 0 aliphatic carbocycles. The lowest BCUT2D eigenvalue weighted by Gasteiger charge is -2.35. The van der Waals surface area contributed by atoms with Gasteiger partial charge < -0.3 is 20.9 Å². The van der Waals surface area contributed by atoms with E-state index in [0.717, 1.165) is 37.6 Å². The number of carbonyl (C=O) groups excluding carboxylic acids is 1. The highest BCUT2D eigenvalue weighted by Gasteiger charge is 2.18. The molecule has 1 aromatic rings. The van der Waals surface area contributed by atoms with Crippen LogP contribution in [0.25, 0.3) is 0 Å². The van der Waals surface area contributed by atoms with Gasteiger partial charge in [-0.1, -0.05) is 13.8 Å². The van der Waals surface area contributed by atoms with Crippen LogP contribution in [0.4, 0.5) is 17.1 Å². The summed E-state index contributed by atoms with van der Waals surface area (Å²) in [7, 11) is 2.13. The van der Waals surface area contributed by atoms with Crippen molar-refractivity contribution in [2.45, 2.75) is 13.8 Å². The van der Waals surface area contributed by atoms with E-state index in [1.165, 1.54) is 0 Å². The SMILES string of the molecule is CC(C)C(=O)Nc1cc(N)ccc1N1CCN(C)CC1. The molecular formula is C15H24N4O. The number of likely N-dealkylation sites (N-methyl/N-ethyl adjacent to an activating group) is 1. The summed E-state index contributed by atoms with van der Waals surface area (Å²) in [4.78, 5) is 16.5. The lowest BCUT2D eigenvalue weighted by atomic mass is 10.1. The van der Waals surface area contributed by atoms with E-state index in [-0.39, 0.29) is 11.8 Å². The molecule has 20 heavy (non-hydrogen) atoms. The van der Waals surface area contributed by atoms with Crippen molar-refractivity contribution in [3.05, 3.63) is 18.2 Å². The summed E-state index contributed by atoms with van der Waals surface area (Å²) in [5, 5.41) is 2.99. The number of rotatable bonds is 3. The van der Waals surface area contributed by atoms with Gasteiger partial charge >= 0.3 is 0 Å². The number of hydrogen-bond acceptors (Lipinski definition) is 4. The third-order valence-corrected chi connectivity index (χ3v) is 3.65. The number of nitrogens with one attached hydrogen (secondary N) is 1. The number of piperazine rings is 1. The Morgan fingerprint density at radius 3 is 2.50 bits per heavy atom. The highest BCUT2D eigenvalue weighted by Crippen LogP contribution is 2.29. The van der Waals surface area contributed by atoms with Crippen LogP contribution in [0, 0.1) is 5.92 Å². The van der Waals surface area contributed by atoms with Crippen molar-refractivity contribution in [3.8, 4) is 0 Å². The average molecular weight is 276 g/mol. The first kappa shape index (κ1) is 14.7. The Bertz CT molecular complexity index is 479. The summed E-state index contributed by atoms with van der Waals surface area (Å²) >= 11 is 0. The van der Waals surface area contributed by atoms with E-state index in [0.29, 0.717) is 5.69 Å². The van der Waals surface area contributed by atoms with E-state index in [4.69, 9.17) is 5.73 Å². The lowest BCUT2D eigenvalue weighted by molar-refractivity contribution is -0.118. The van der Waals surface area contributed by atoms with Crippen LogP contribution in [-0.2, 0) is 4.79 Å². The Morgan fingerprint density at radius 1 is 1.25 bits per heavy atom. The van der Waals surface area contributed by atoms with Gasteiger partial charge in [0.25, 0.3) is 0 Å². The largest absolute Gasteiger partial charge is 0.399 e. The number of benzene rings is 1. The minimum absolute atomic E-state index is 0.0194. The van der Waals surface area contributed by atoms with Gasteiger partial charge in [0.2, 0.25) is 5.91 Å². The quantitative estimate of drug-likeness (QED) is 0.824. The van der Waals surface area contributed by atoms with Gasteiger partial charge in [-0.05, 0) is 25.2 Å². The predicted molar refractivity (Wildman–Crippen MR) is 84.0 cm³/mol. The van der Waals surface area contributed by atoms with Gasteiger partial charge in [-0.25, -0.2) is 0 Å². The van der Waals surface area contributed by atoms with E-state index in [1.54, 1.807) is 0 Å². The number of carbonyl (C=O) groups is 1. The lowest BCUT2D eigenvalue weighted by Crippen LogP contribution is -2.44. The Hall–Kier alpha value is -1.75. The van der Waals surface area contributed by atoms with Crippen molar-refractivity contribution in [2.24, 2.45) is 5.92 Å². The van der Waals surface area contributed by atoms with Crippen molar-refractivity contribution in [3.63, 3.8) is 0 Å². The molecule has 0 saturated carbocycles. The number of nitrogens with two attached hydrogens (primary N) is 1. The normalized spacial score (nSPS) is 16.5. The predicted octanol–water partition coefficient (Wildman–Crippen LogP) is 1.62. The van der Waals surface area contributed by atoms with Crippen molar-refractivity contribution in [1.82, 2.24) is 4.90 Å². The van der Waals surface area contributed by atoms with Crippen molar-refractivity contribution < 1.29 is 4.79 Å². The van der Waals surface area contributed by atoms with Gasteiger partial charge in [0.05, 0.1) is 11.4 Å².